The average molecular weight is 260 g/mol. The summed E-state index contributed by atoms with van der Waals surface area (Å²) in [5.41, 5.74) is 0.974. The van der Waals surface area contributed by atoms with Gasteiger partial charge in [-0.1, -0.05) is 33.6 Å². The Morgan fingerprint density at radius 2 is 2.23 bits per heavy atom. The molecule has 3 heteroatoms. The van der Waals surface area contributed by atoms with Crippen LogP contribution in [0.2, 0.25) is 0 Å². The van der Waals surface area contributed by atoms with Crippen LogP contribution in [-0.4, -0.2) is 6.61 Å². The van der Waals surface area contributed by atoms with Crippen LogP contribution in [0.3, 0.4) is 0 Å². The van der Waals surface area contributed by atoms with Crippen molar-refractivity contribution in [3.05, 3.63) is 34.3 Å². The van der Waals surface area contributed by atoms with Crippen LogP contribution in [0.5, 0.6) is 5.75 Å². The van der Waals surface area contributed by atoms with Crippen LogP contribution in [0.1, 0.15) is 12.0 Å². The molecule has 13 heavy (non-hydrogen) atoms. The first-order valence-electron chi connectivity index (χ1n) is 4.06. The summed E-state index contributed by atoms with van der Waals surface area (Å²) in [7, 11) is 0. The highest BCUT2D eigenvalue weighted by Crippen LogP contribution is 2.33. The quantitative estimate of drug-likeness (QED) is 0.688. The molecule has 1 aliphatic heterocycles. The van der Waals surface area contributed by atoms with Gasteiger partial charge in [0.15, 0.2) is 0 Å². The van der Waals surface area contributed by atoms with Crippen molar-refractivity contribution < 1.29 is 4.74 Å². The lowest BCUT2D eigenvalue weighted by atomic mass is 10.2. The summed E-state index contributed by atoms with van der Waals surface area (Å²) in [5.74, 6) is 0.855. The van der Waals surface area contributed by atoms with Crippen molar-refractivity contribution in [1.29, 1.82) is 0 Å². The van der Waals surface area contributed by atoms with E-state index in [1.807, 2.05) is 24.3 Å². The van der Waals surface area contributed by atoms with E-state index in [2.05, 4.69) is 15.9 Å². The second-order valence-corrected chi connectivity index (χ2v) is 4.15. The highest BCUT2D eigenvalue weighted by atomic mass is 79.9. The number of benzene rings is 1. The zero-order chi connectivity index (χ0) is 9.26. The van der Waals surface area contributed by atoms with E-state index in [9.17, 15) is 0 Å². The zero-order valence-corrected chi connectivity index (χ0v) is 9.23. The van der Waals surface area contributed by atoms with E-state index < -0.39 is 0 Å². The SMILES string of the molecule is ClC1=CCCOc2cc(Br)ccc21. The Labute approximate surface area is 90.5 Å². The van der Waals surface area contributed by atoms with Crippen LogP contribution in [-0.2, 0) is 0 Å². The van der Waals surface area contributed by atoms with Gasteiger partial charge in [0.2, 0.25) is 0 Å². The Morgan fingerprint density at radius 3 is 3.08 bits per heavy atom. The molecule has 2 rings (SSSR count). The van der Waals surface area contributed by atoms with Crippen LogP contribution < -0.4 is 4.74 Å². The van der Waals surface area contributed by atoms with Crippen molar-refractivity contribution in [2.75, 3.05) is 6.61 Å². The van der Waals surface area contributed by atoms with Crippen LogP contribution in [0.4, 0.5) is 0 Å². The van der Waals surface area contributed by atoms with E-state index in [1.165, 1.54) is 0 Å². The Balaban J connectivity index is 2.52. The zero-order valence-electron chi connectivity index (χ0n) is 6.89. The standard InChI is InChI=1S/C10H8BrClO/c11-7-3-4-8-9(12)2-1-5-13-10(8)6-7/h2-4,6H,1,5H2. The molecule has 0 aromatic heterocycles. The largest absolute Gasteiger partial charge is 0.493 e. The maximum absolute atomic E-state index is 6.07. The maximum Gasteiger partial charge on any atom is 0.129 e. The molecule has 0 N–H and O–H groups in total. The van der Waals surface area contributed by atoms with E-state index in [0.29, 0.717) is 6.61 Å². The van der Waals surface area contributed by atoms with Gasteiger partial charge in [0, 0.05) is 21.5 Å². The van der Waals surface area contributed by atoms with Crippen LogP contribution in [0, 0.1) is 0 Å². The molecular formula is C10H8BrClO. The molecule has 0 bridgehead atoms. The summed E-state index contributed by atoms with van der Waals surface area (Å²) >= 11 is 9.46. The molecule has 1 aromatic rings. The second-order valence-electron chi connectivity index (χ2n) is 2.83. The monoisotopic (exact) mass is 258 g/mol. The van der Waals surface area contributed by atoms with Crippen molar-refractivity contribution in [2.24, 2.45) is 0 Å². The minimum Gasteiger partial charge on any atom is -0.493 e. The van der Waals surface area contributed by atoms with Gasteiger partial charge in [-0.2, -0.15) is 0 Å². The van der Waals surface area contributed by atoms with E-state index in [-0.39, 0.29) is 0 Å². The minimum absolute atomic E-state index is 0.694. The van der Waals surface area contributed by atoms with Gasteiger partial charge >= 0.3 is 0 Å². The number of halogens is 2. The van der Waals surface area contributed by atoms with Crippen LogP contribution in [0.25, 0.3) is 5.03 Å². The molecule has 1 heterocycles. The molecule has 0 amide bonds. The van der Waals surface area contributed by atoms with Gasteiger partial charge in [0.1, 0.15) is 5.75 Å². The van der Waals surface area contributed by atoms with Gasteiger partial charge in [0.05, 0.1) is 6.61 Å². The number of fused-ring (bicyclic) bond motifs is 1. The molecule has 1 aliphatic rings. The lowest BCUT2D eigenvalue weighted by Gasteiger charge is -2.07. The summed E-state index contributed by atoms with van der Waals surface area (Å²) in [6.07, 6.45) is 2.85. The van der Waals surface area contributed by atoms with Gasteiger partial charge in [-0.05, 0) is 18.2 Å². The van der Waals surface area contributed by atoms with Crippen molar-refractivity contribution in [3.63, 3.8) is 0 Å². The van der Waals surface area contributed by atoms with E-state index in [4.69, 9.17) is 16.3 Å². The molecular weight excluding hydrogens is 251 g/mol. The van der Waals surface area contributed by atoms with Gasteiger partial charge in [0.25, 0.3) is 0 Å². The molecule has 0 fully saturated rings. The predicted octanol–water partition coefficient (Wildman–Crippen LogP) is 3.81. The van der Waals surface area contributed by atoms with E-state index >= 15 is 0 Å². The molecule has 0 unspecified atom stereocenters. The third kappa shape index (κ3) is 1.89. The van der Waals surface area contributed by atoms with Crippen molar-refractivity contribution in [2.45, 2.75) is 6.42 Å². The molecule has 1 nitrogen and oxygen atoms in total. The lowest BCUT2D eigenvalue weighted by Crippen LogP contribution is -1.94. The topological polar surface area (TPSA) is 9.23 Å². The fourth-order valence-electron chi connectivity index (χ4n) is 1.28. The molecule has 0 saturated heterocycles. The van der Waals surface area contributed by atoms with E-state index in [1.54, 1.807) is 0 Å². The predicted molar refractivity (Wildman–Crippen MR) is 58.1 cm³/mol. The normalized spacial score (nSPS) is 15.4. The average Bonchev–Trinajstić information content (AvgIpc) is 2.28. The highest BCUT2D eigenvalue weighted by molar-refractivity contribution is 9.10. The fourth-order valence-corrected chi connectivity index (χ4v) is 1.88. The summed E-state index contributed by atoms with van der Waals surface area (Å²) in [6, 6.07) is 5.87. The van der Waals surface area contributed by atoms with Crippen LogP contribution >= 0.6 is 27.5 Å². The highest BCUT2D eigenvalue weighted by Gasteiger charge is 2.10. The summed E-state index contributed by atoms with van der Waals surface area (Å²) < 4.78 is 6.54. The summed E-state index contributed by atoms with van der Waals surface area (Å²) in [4.78, 5) is 0. The smallest absolute Gasteiger partial charge is 0.129 e. The minimum atomic E-state index is 0.694. The molecule has 0 aliphatic carbocycles. The number of ether oxygens (including phenoxy) is 1. The number of hydrogen-bond donors (Lipinski definition) is 0. The van der Waals surface area contributed by atoms with Crippen LogP contribution in [0.15, 0.2) is 28.7 Å². The van der Waals surface area contributed by atoms with Gasteiger partial charge in [-0.15, -0.1) is 0 Å². The number of rotatable bonds is 0. The molecule has 1 aromatic carbocycles. The molecule has 0 saturated carbocycles. The number of hydrogen-bond acceptors (Lipinski definition) is 1. The molecule has 68 valence electrons. The van der Waals surface area contributed by atoms with Crippen molar-refractivity contribution >= 4 is 32.6 Å². The van der Waals surface area contributed by atoms with Gasteiger partial charge in [-0.3, -0.25) is 0 Å². The third-order valence-electron chi connectivity index (χ3n) is 1.90. The first-order valence-corrected chi connectivity index (χ1v) is 5.23. The Morgan fingerprint density at radius 1 is 1.38 bits per heavy atom. The molecule has 0 spiro atoms. The second kappa shape index (κ2) is 3.72. The summed E-state index contributed by atoms with van der Waals surface area (Å²) in [6.45, 7) is 0.694. The molecule has 0 atom stereocenters. The Kier molecular flexibility index (Phi) is 2.61. The van der Waals surface area contributed by atoms with Crippen molar-refractivity contribution in [3.8, 4) is 5.75 Å². The fraction of sp³-hybridized carbons (Fsp3) is 0.200. The first-order chi connectivity index (χ1) is 6.27. The summed E-state index contributed by atoms with van der Waals surface area (Å²) in [5, 5.41) is 0.778. The van der Waals surface area contributed by atoms with Crippen molar-refractivity contribution in [1.82, 2.24) is 0 Å². The maximum atomic E-state index is 6.07. The van der Waals surface area contributed by atoms with E-state index in [0.717, 1.165) is 27.2 Å². The van der Waals surface area contributed by atoms with Gasteiger partial charge < -0.3 is 4.74 Å². The Bertz CT molecular complexity index is 360. The Hall–Kier alpha value is -0.470. The third-order valence-corrected chi connectivity index (χ3v) is 2.75. The lowest BCUT2D eigenvalue weighted by molar-refractivity contribution is 0.326. The van der Waals surface area contributed by atoms with Gasteiger partial charge in [-0.25, -0.2) is 0 Å². The first kappa shape index (κ1) is 9.10. The molecule has 0 radical (unpaired) electrons.